The van der Waals surface area contributed by atoms with Crippen molar-refractivity contribution in [3.05, 3.63) is 12.3 Å². The lowest BCUT2D eigenvalue weighted by molar-refractivity contribution is 0.341. The van der Waals surface area contributed by atoms with Gasteiger partial charge < -0.3 is 4.43 Å². The van der Waals surface area contributed by atoms with Crippen LogP contribution in [0.2, 0.25) is 0 Å². The summed E-state index contributed by atoms with van der Waals surface area (Å²) in [5.74, 6) is 0. The highest BCUT2D eigenvalue weighted by molar-refractivity contribution is 6.33. The van der Waals surface area contributed by atoms with Crippen molar-refractivity contribution >= 4 is 9.76 Å². The average Bonchev–Trinajstić information content (AvgIpc) is 1.69. The molecule has 0 unspecified atom stereocenters. The zero-order chi connectivity index (χ0) is 5.54. The summed E-state index contributed by atoms with van der Waals surface area (Å²) in [6.07, 6.45) is 1.10. The Bertz CT molecular complexity index is 45.3. The van der Waals surface area contributed by atoms with Crippen LogP contribution < -0.4 is 0 Å². The Kier molecular flexibility index (Phi) is 5.85. The average molecular weight is 114 g/mol. The summed E-state index contributed by atoms with van der Waals surface area (Å²) in [6.45, 7) is 6.48. The van der Waals surface area contributed by atoms with Crippen LogP contribution in [0, 0.1) is 0 Å². The maximum Gasteiger partial charge on any atom is 0.260 e. The molecule has 0 saturated heterocycles. The first-order chi connectivity index (χ1) is 3.41. The summed E-state index contributed by atoms with van der Waals surface area (Å²) in [5, 5.41) is 0. The Balaban J connectivity index is 2.56. The maximum atomic E-state index is 5.04. The molecule has 0 aromatic heterocycles. The molecule has 0 bridgehead atoms. The van der Waals surface area contributed by atoms with Crippen LogP contribution in [0.5, 0.6) is 0 Å². The minimum atomic E-state index is 0.486. The predicted octanol–water partition coefficient (Wildman–Crippen LogP) is 1.18. The van der Waals surface area contributed by atoms with Gasteiger partial charge in [0.2, 0.25) is 0 Å². The fraction of sp³-hybridized carbons (Fsp3) is 0.600. The third-order valence-electron chi connectivity index (χ3n) is 0.473. The van der Waals surface area contributed by atoms with Crippen molar-refractivity contribution in [2.24, 2.45) is 0 Å². The Morgan fingerprint density at radius 3 is 3.00 bits per heavy atom. The van der Waals surface area contributed by atoms with E-state index in [1.165, 1.54) is 0 Å². The summed E-state index contributed by atoms with van der Waals surface area (Å²) in [5.41, 5.74) is 1.79. The summed E-state index contributed by atoms with van der Waals surface area (Å²) < 4.78 is 5.04. The molecule has 0 rings (SSSR count). The second-order valence-corrected chi connectivity index (χ2v) is 2.10. The van der Waals surface area contributed by atoms with E-state index < -0.39 is 0 Å². The molecule has 0 saturated carbocycles. The van der Waals surface area contributed by atoms with Crippen molar-refractivity contribution in [1.82, 2.24) is 0 Å². The molecule has 0 N–H and O–H groups in total. The largest absolute Gasteiger partial charge is 0.412 e. The van der Waals surface area contributed by atoms with Crippen LogP contribution >= 0.6 is 0 Å². The molecule has 2 radical (unpaired) electrons. The molecule has 0 amide bonds. The van der Waals surface area contributed by atoms with E-state index in [-0.39, 0.29) is 0 Å². The van der Waals surface area contributed by atoms with Crippen LogP contribution in [0.4, 0.5) is 0 Å². The van der Waals surface area contributed by atoms with Gasteiger partial charge in [0.15, 0.2) is 0 Å². The van der Waals surface area contributed by atoms with Crippen molar-refractivity contribution in [2.75, 3.05) is 6.61 Å². The summed E-state index contributed by atoms with van der Waals surface area (Å²) >= 11 is 0. The highest BCUT2D eigenvalue weighted by Crippen LogP contribution is 1.75. The number of hydrogen-bond acceptors (Lipinski definition) is 1. The topological polar surface area (TPSA) is 9.23 Å². The minimum Gasteiger partial charge on any atom is -0.412 e. The fourth-order valence-corrected chi connectivity index (χ4v) is 0.660. The molecule has 0 aliphatic heterocycles. The van der Waals surface area contributed by atoms with Crippen molar-refractivity contribution in [2.45, 2.75) is 13.3 Å². The molecule has 1 nitrogen and oxygen atoms in total. The van der Waals surface area contributed by atoms with Crippen LogP contribution in [0.3, 0.4) is 0 Å². The molecule has 0 fully saturated rings. The second-order valence-electron chi connectivity index (χ2n) is 1.17. The Morgan fingerprint density at radius 2 is 2.57 bits per heavy atom. The molecule has 40 valence electrons. The zero-order valence-electron chi connectivity index (χ0n) is 4.61. The van der Waals surface area contributed by atoms with Crippen molar-refractivity contribution in [3.63, 3.8) is 0 Å². The van der Waals surface area contributed by atoms with Crippen LogP contribution in [0.1, 0.15) is 13.3 Å². The van der Waals surface area contributed by atoms with Gasteiger partial charge in [0, 0.05) is 6.61 Å². The van der Waals surface area contributed by atoms with E-state index in [1.54, 1.807) is 5.70 Å². The summed E-state index contributed by atoms with van der Waals surface area (Å²) in [7, 11) is 0.486. The van der Waals surface area contributed by atoms with Gasteiger partial charge in [0.05, 0.1) is 0 Å². The lowest BCUT2D eigenvalue weighted by Crippen LogP contribution is -1.94. The standard InChI is InChI=1S/C5H10OSi/c1-3-5-6-7-4-2/h4H,2-3,5H2,1H3. The molecule has 0 atom stereocenters. The molecule has 0 spiro atoms. The summed E-state index contributed by atoms with van der Waals surface area (Å²) in [4.78, 5) is 0. The highest BCUT2D eigenvalue weighted by atomic mass is 28.2. The molecule has 2 heteroatoms. The van der Waals surface area contributed by atoms with Gasteiger partial charge in [0.1, 0.15) is 0 Å². The lowest BCUT2D eigenvalue weighted by Gasteiger charge is -1.91. The quantitative estimate of drug-likeness (QED) is 0.394. The van der Waals surface area contributed by atoms with Crippen LogP contribution in [-0.4, -0.2) is 16.4 Å². The Labute approximate surface area is 47.3 Å². The SMILES string of the molecule is C=C[Si]OCCC. The first kappa shape index (κ1) is 6.92. The van der Waals surface area contributed by atoms with E-state index in [1.807, 2.05) is 0 Å². The Morgan fingerprint density at radius 1 is 1.86 bits per heavy atom. The van der Waals surface area contributed by atoms with Crippen LogP contribution in [0.25, 0.3) is 0 Å². The second kappa shape index (κ2) is 5.92. The van der Waals surface area contributed by atoms with Crippen LogP contribution in [-0.2, 0) is 4.43 Å². The summed E-state index contributed by atoms with van der Waals surface area (Å²) in [6, 6.07) is 0. The third-order valence-corrected chi connectivity index (χ3v) is 1.01. The van der Waals surface area contributed by atoms with E-state index in [0.717, 1.165) is 13.0 Å². The van der Waals surface area contributed by atoms with Gasteiger partial charge in [-0.2, -0.15) is 0 Å². The highest BCUT2D eigenvalue weighted by Gasteiger charge is 1.78. The van der Waals surface area contributed by atoms with Gasteiger partial charge >= 0.3 is 0 Å². The molecular weight excluding hydrogens is 104 g/mol. The van der Waals surface area contributed by atoms with E-state index in [2.05, 4.69) is 13.5 Å². The molecule has 0 aromatic carbocycles. The predicted molar refractivity (Wildman–Crippen MR) is 32.2 cm³/mol. The molecule has 0 aliphatic carbocycles. The molecule has 7 heavy (non-hydrogen) atoms. The first-order valence-corrected chi connectivity index (χ1v) is 3.38. The smallest absolute Gasteiger partial charge is 0.260 e. The van der Waals surface area contributed by atoms with Gasteiger partial charge in [-0.1, -0.05) is 12.6 Å². The molecule has 0 heterocycles. The lowest BCUT2D eigenvalue weighted by atomic mass is 10.5. The maximum absolute atomic E-state index is 5.04. The van der Waals surface area contributed by atoms with E-state index in [9.17, 15) is 0 Å². The van der Waals surface area contributed by atoms with Crippen molar-refractivity contribution < 1.29 is 4.43 Å². The third kappa shape index (κ3) is 5.92. The van der Waals surface area contributed by atoms with Gasteiger partial charge in [0.25, 0.3) is 9.76 Å². The monoisotopic (exact) mass is 114 g/mol. The van der Waals surface area contributed by atoms with Crippen LogP contribution in [0.15, 0.2) is 12.3 Å². The Hall–Kier alpha value is -0.0831. The minimum absolute atomic E-state index is 0.486. The van der Waals surface area contributed by atoms with E-state index in [4.69, 9.17) is 4.43 Å². The van der Waals surface area contributed by atoms with Gasteiger partial charge in [-0.05, 0) is 6.42 Å². The van der Waals surface area contributed by atoms with E-state index in [0.29, 0.717) is 9.76 Å². The van der Waals surface area contributed by atoms with Gasteiger partial charge in [-0.25, -0.2) is 0 Å². The first-order valence-electron chi connectivity index (χ1n) is 2.40. The van der Waals surface area contributed by atoms with E-state index >= 15 is 0 Å². The zero-order valence-corrected chi connectivity index (χ0v) is 5.61. The fourth-order valence-electron chi connectivity index (χ4n) is 0.220. The molecule has 0 aliphatic rings. The van der Waals surface area contributed by atoms with Gasteiger partial charge in [-0.3, -0.25) is 0 Å². The van der Waals surface area contributed by atoms with Gasteiger partial charge in [-0.15, -0.1) is 6.58 Å². The number of hydrogen-bond donors (Lipinski definition) is 0. The van der Waals surface area contributed by atoms with Crippen molar-refractivity contribution in [3.8, 4) is 0 Å². The molecule has 0 aromatic rings. The van der Waals surface area contributed by atoms with Crippen molar-refractivity contribution in [1.29, 1.82) is 0 Å². The number of rotatable bonds is 4. The molecular formula is C5H10OSi. The normalized spacial score (nSPS) is 8.71.